The topological polar surface area (TPSA) is 80.4 Å². The molecular formula is C23H24N2O4. The second-order valence-corrected chi connectivity index (χ2v) is 7.45. The zero-order valence-electron chi connectivity index (χ0n) is 16.6. The maximum absolute atomic E-state index is 12.3. The van der Waals surface area contributed by atoms with E-state index >= 15 is 0 Å². The summed E-state index contributed by atoms with van der Waals surface area (Å²) in [6, 6.07) is 11.7. The predicted octanol–water partition coefficient (Wildman–Crippen LogP) is 3.17. The van der Waals surface area contributed by atoms with Gasteiger partial charge >= 0.3 is 0 Å². The van der Waals surface area contributed by atoms with Crippen molar-refractivity contribution in [2.45, 2.75) is 33.1 Å². The fraction of sp³-hybridized carbons (Fsp3) is 0.304. The molecule has 0 saturated heterocycles. The molecule has 1 aliphatic rings. The van der Waals surface area contributed by atoms with Gasteiger partial charge in [-0.25, -0.2) is 0 Å². The Morgan fingerprint density at radius 3 is 2.76 bits per heavy atom. The Morgan fingerprint density at radius 2 is 1.90 bits per heavy atom. The molecule has 0 aliphatic carbocycles. The standard InChI is InChI=1S/C23H24N2O4/c1-14-9-15(2)18-12-17(23(27)25-19(18)10-14)7-8-24-22(26)6-4-16-3-5-20-21(11-16)29-13-28-20/h3,5,9-12H,4,6-8,13H2,1-2H3,(H,24,26)(H,25,27). The van der Waals surface area contributed by atoms with Crippen molar-refractivity contribution in [1.29, 1.82) is 0 Å². The number of ether oxygens (including phenoxy) is 2. The minimum atomic E-state index is -0.0999. The zero-order chi connectivity index (χ0) is 20.4. The molecule has 6 heteroatoms. The number of benzene rings is 2. The second kappa shape index (κ2) is 7.99. The Bertz CT molecular complexity index is 1130. The number of carbonyl (C=O) groups is 1. The summed E-state index contributed by atoms with van der Waals surface area (Å²) in [4.78, 5) is 27.5. The van der Waals surface area contributed by atoms with Gasteiger partial charge in [0, 0.05) is 29.4 Å². The van der Waals surface area contributed by atoms with Crippen LogP contribution in [-0.2, 0) is 17.6 Å². The minimum absolute atomic E-state index is 0.0355. The second-order valence-electron chi connectivity index (χ2n) is 7.45. The molecule has 2 aromatic carbocycles. The smallest absolute Gasteiger partial charge is 0.251 e. The van der Waals surface area contributed by atoms with Gasteiger partial charge in [-0.2, -0.15) is 0 Å². The van der Waals surface area contributed by atoms with Gasteiger partial charge in [0.15, 0.2) is 11.5 Å². The van der Waals surface area contributed by atoms with Crippen LogP contribution in [0.1, 0.15) is 28.7 Å². The Labute approximate surface area is 168 Å². The number of hydrogen-bond acceptors (Lipinski definition) is 4. The van der Waals surface area contributed by atoms with E-state index < -0.39 is 0 Å². The van der Waals surface area contributed by atoms with E-state index in [2.05, 4.69) is 16.4 Å². The molecule has 0 radical (unpaired) electrons. The highest BCUT2D eigenvalue weighted by molar-refractivity contribution is 5.83. The summed E-state index contributed by atoms with van der Waals surface area (Å²) in [5, 5.41) is 3.95. The quantitative estimate of drug-likeness (QED) is 0.675. The molecule has 0 saturated carbocycles. The van der Waals surface area contributed by atoms with Crippen molar-refractivity contribution in [3.63, 3.8) is 0 Å². The highest BCUT2D eigenvalue weighted by Crippen LogP contribution is 2.32. The number of aromatic nitrogens is 1. The molecule has 2 N–H and O–H groups in total. The molecule has 4 rings (SSSR count). The third-order valence-electron chi connectivity index (χ3n) is 5.18. The number of fused-ring (bicyclic) bond motifs is 2. The summed E-state index contributed by atoms with van der Waals surface area (Å²) in [6.07, 6.45) is 1.50. The van der Waals surface area contributed by atoms with Gasteiger partial charge in [0.05, 0.1) is 0 Å². The summed E-state index contributed by atoms with van der Waals surface area (Å²) in [5.41, 5.74) is 4.71. The first-order chi connectivity index (χ1) is 14.0. The highest BCUT2D eigenvalue weighted by atomic mass is 16.7. The van der Waals surface area contributed by atoms with Crippen LogP contribution in [0.2, 0.25) is 0 Å². The zero-order valence-corrected chi connectivity index (χ0v) is 16.6. The minimum Gasteiger partial charge on any atom is -0.454 e. The molecular weight excluding hydrogens is 368 g/mol. The van der Waals surface area contributed by atoms with Crippen LogP contribution in [0.25, 0.3) is 10.9 Å². The van der Waals surface area contributed by atoms with E-state index in [9.17, 15) is 9.59 Å². The maximum Gasteiger partial charge on any atom is 0.251 e. The van der Waals surface area contributed by atoms with Gasteiger partial charge in [-0.3, -0.25) is 9.59 Å². The number of hydrogen-bond donors (Lipinski definition) is 2. The highest BCUT2D eigenvalue weighted by Gasteiger charge is 2.13. The molecule has 0 bridgehead atoms. The number of nitrogens with one attached hydrogen (secondary N) is 2. The van der Waals surface area contributed by atoms with Gasteiger partial charge in [0.1, 0.15) is 0 Å². The van der Waals surface area contributed by atoms with Crippen molar-refractivity contribution in [3.8, 4) is 11.5 Å². The predicted molar refractivity (Wildman–Crippen MR) is 112 cm³/mol. The Hall–Kier alpha value is -3.28. The average Bonchev–Trinajstić information content (AvgIpc) is 3.15. The van der Waals surface area contributed by atoms with Crippen molar-refractivity contribution in [3.05, 3.63) is 69.0 Å². The third kappa shape index (κ3) is 4.26. The number of carbonyl (C=O) groups excluding carboxylic acids is 1. The number of H-pyrrole nitrogens is 1. The van der Waals surface area contributed by atoms with E-state index in [1.54, 1.807) is 0 Å². The summed E-state index contributed by atoms with van der Waals surface area (Å²) in [7, 11) is 0. The first-order valence-electron chi connectivity index (χ1n) is 9.78. The summed E-state index contributed by atoms with van der Waals surface area (Å²) >= 11 is 0. The Morgan fingerprint density at radius 1 is 1.07 bits per heavy atom. The maximum atomic E-state index is 12.3. The first kappa shape index (κ1) is 19.1. The average molecular weight is 392 g/mol. The number of rotatable bonds is 6. The molecule has 0 unspecified atom stereocenters. The lowest BCUT2D eigenvalue weighted by Gasteiger charge is -2.08. The van der Waals surface area contributed by atoms with Crippen molar-refractivity contribution < 1.29 is 14.3 Å². The molecule has 0 atom stereocenters. The molecule has 0 spiro atoms. The van der Waals surface area contributed by atoms with Crippen molar-refractivity contribution in [2.24, 2.45) is 0 Å². The first-order valence-corrected chi connectivity index (χ1v) is 9.78. The SMILES string of the molecule is Cc1cc(C)c2cc(CCNC(=O)CCc3ccc4c(c3)OCO4)c(=O)[nH]c2c1. The molecule has 0 fully saturated rings. The molecule has 29 heavy (non-hydrogen) atoms. The molecule has 3 aromatic rings. The monoisotopic (exact) mass is 392 g/mol. The van der Waals surface area contributed by atoms with Crippen LogP contribution in [0.5, 0.6) is 11.5 Å². The van der Waals surface area contributed by atoms with Gasteiger partial charge < -0.3 is 19.8 Å². The molecule has 6 nitrogen and oxygen atoms in total. The summed E-state index contributed by atoms with van der Waals surface area (Å²) < 4.78 is 10.7. The van der Waals surface area contributed by atoms with Crippen LogP contribution in [0, 0.1) is 13.8 Å². The van der Waals surface area contributed by atoms with E-state index in [4.69, 9.17) is 9.47 Å². The number of aromatic amines is 1. The van der Waals surface area contributed by atoms with Crippen LogP contribution in [0.3, 0.4) is 0 Å². The van der Waals surface area contributed by atoms with E-state index in [1.165, 1.54) is 0 Å². The molecule has 2 heterocycles. The van der Waals surface area contributed by atoms with E-state index in [1.807, 2.05) is 44.2 Å². The summed E-state index contributed by atoms with van der Waals surface area (Å²) in [5.74, 6) is 1.43. The number of pyridine rings is 1. The van der Waals surface area contributed by atoms with E-state index in [0.717, 1.165) is 39.1 Å². The third-order valence-corrected chi connectivity index (χ3v) is 5.18. The number of amides is 1. The van der Waals surface area contributed by atoms with Crippen molar-refractivity contribution in [1.82, 2.24) is 10.3 Å². The normalized spacial score (nSPS) is 12.3. The fourth-order valence-corrected chi connectivity index (χ4v) is 3.68. The van der Waals surface area contributed by atoms with Crippen molar-refractivity contribution >= 4 is 16.8 Å². The van der Waals surface area contributed by atoms with Crippen LogP contribution in [-0.4, -0.2) is 24.2 Å². The van der Waals surface area contributed by atoms with E-state index in [0.29, 0.717) is 31.4 Å². The molecule has 1 aliphatic heterocycles. The largest absolute Gasteiger partial charge is 0.454 e. The van der Waals surface area contributed by atoms with Gasteiger partial charge in [-0.05, 0) is 67.6 Å². The van der Waals surface area contributed by atoms with Crippen molar-refractivity contribution in [2.75, 3.05) is 13.3 Å². The Balaban J connectivity index is 1.32. The van der Waals surface area contributed by atoms with E-state index in [-0.39, 0.29) is 18.3 Å². The van der Waals surface area contributed by atoms with Crippen LogP contribution in [0.15, 0.2) is 41.2 Å². The van der Waals surface area contributed by atoms with Gasteiger partial charge in [0.25, 0.3) is 5.56 Å². The lowest BCUT2D eigenvalue weighted by molar-refractivity contribution is -0.121. The lowest BCUT2D eigenvalue weighted by atomic mass is 10.0. The molecule has 150 valence electrons. The number of aryl methyl sites for hydroxylation is 3. The summed E-state index contributed by atoms with van der Waals surface area (Å²) in [6.45, 7) is 4.72. The lowest BCUT2D eigenvalue weighted by Crippen LogP contribution is -2.27. The van der Waals surface area contributed by atoms with Gasteiger partial charge in [-0.1, -0.05) is 12.1 Å². The van der Waals surface area contributed by atoms with Crippen LogP contribution >= 0.6 is 0 Å². The van der Waals surface area contributed by atoms with Crippen LogP contribution in [0.4, 0.5) is 0 Å². The molecule has 1 aromatic heterocycles. The van der Waals surface area contributed by atoms with Gasteiger partial charge in [-0.15, -0.1) is 0 Å². The van der Waals surface area contributed by atoms with Gasteiger partial charge in [0.2, 0.25) is 12.7 Å². The fourth-order valence-electron chi connectivity index (χ4n) is 3.68. The van der Waals surface area contributed by atoms with Crippen LogP contribution < -0.4 is 20.3 Å². The molecule has 1 amide bonds. The Kier molecular flexibility index (Phi) is 5.25.